The summed E-state index contributed by atoms with van der Waals surface area (Å²) in [5.74, 6) is 3.79. The van der Waals surface area contributed by atoms with E-state index in [4.69, 9.17) is 10.7 Å². The summed E-state index contributed by atoms with van der Waals surface area (Å²) in [6.07, 6.45) is 2.29. The van der Waals surface area contributed by atoms with Crippen molar-refractivity contribution in [3.8, 4) is 0 Å². The fourth-order valence-corrected chi connectivity index (χ4v) is 3.65. The maximum atomic E-state index is 6.11. The van der Waals surface area contributed by atoms with E-state index in [0.717, 1.165) is 31.9 Å². The molecule has 110 valence electrons. The molecule has 20 heavy (non-hydrogen) atoms. The number of hydrogen-bond acceptors (Lipinski definition) is 2. The minimum absolute atomic E-state index is 0. The molecule has 0 amide bonds. The van der Waals surface area contributed by atoms with Gasteiger partial charge in [0.1, 0.15) is 0 Å². The Balaban J connectivity index is 0.00000147. The monoisotopic (exact) mass is 403 g/mol. The topological polar surface area (TPSA) is 41.6 Å². The van der Waals surface area contributed by atoms with Crippen molar-refractivity contribution in [2.75, 3.05) is 24.6 Å². The van der Waals surface area contributed by atoms with Crippen LogP contribution in [0.25, 0.3) is 0 Å². The molecule has 1 aliphatic heterocycles. The molecule has 0 bridgehead atoms. The van der Waals surface area contributed by atoms with Crippen LogP contribution in [0.2, 0.25) is 0 Å². The maximum absolute atomic E-state index is 6.11. The van der Waals surface area contributed by atoms with Crippen LogP contribution in [0.4, 0.5) is 0 Å². The van der Waals surface area contributed by atoms with Gasteiger partial charge in [-0.3, -0.25) is 0 Å². The molecule has 2 fully saturated rings. The van der Waals surface area contributed by atoms with Gasteiger partial charge in [0, 0.05) is 24.6 Å². The lowest BCUT2D eigenvalue weighted by molar-refractivity contribution is 0.345. The number of nitrogens with zero attached hydrogens (tertiary/aromatic N) is 2. The summed E-state index contributed by atoms with van der Waals surface area (Å²) in [5.41, 5.74) is 7.56. The largest absolute Gasteiger partial charge is 0.370 e. The highest BCUT2D eigenvalue weighted by Gasteiger charge is 2.30. The molecular weight excluding hydrogens is 381 g/mol. The average molecular weight is 403 g/mol. The van der Waals surface area contributed by atoms with E-state index in [1.54, 1.807) is 0 Å². The summed E-state index contributed by atoms with van der Waals surface area (Å²) in [6, 6.07) is 11.2. The summed E-state index contributed by atoms with van der Waals surface area (Å²) in [6.45, 7) is 2.10. The summed E-state index contributed by atoms with van der Waals surface area (Å²) in [5, 5.41) is 0. The van der Waals surface area contributed by atoms with Gasteiger partial charge in [-0.25, -0.2) is 4.99 Å². The Morgan fingerprint density at radius 2 is 1.80 bits per heavy atom. The SMILES string of the molecule is I.NC(=NC1CC(c2ccccc2)C1)N1CCSCC1. The van der Waals surface area contributed by atoms with E-state index in [-0.39, 0.29) is 24.0 Å². The second kappa shape index (κ2) is 7.54. The molecule has 0 unspecified atom stereocenters. The van der Waals surface area contributed by atoms with Crippen molar-refractivity contribution in [1.82, 2.24) is 4.90 Å². The van der Waals surface area contributed by atoms with E-state index in [0.29, 0.717) is 12.0 Å². The third-order valence-electron chi connectivity index (χ3n) is 4.03. The van der Waals surface area contributed by atoms with Gasteiger partial charge in [0.2, 0.25) is 0 Å². The first-order valence-corrected chi connectivity index (χ1v) is 8.19. The van der Waals surface area contributed by atoms with Crippen LogP contribution in [0.15, 0.2) is 35.3 Å². The van der Waals surface area contributed by atoms with Crippen molar-refractivity contribution in [3.05, 3.63) is 35.9 Å². The molecular formula is C15H22IN3S. The molecule has 0 radical (unpaired) electrons. The van der Waals surface area contributed by atoms with Gasteiger partial charge in [-0.05, 0) is 24.3 Å². The number of hydrogen-bond donors (Lipinski definition) is 1. The first-order valence-electron chi connectivity index (χ1n) is 7.04. The summed E-state index contributed by atoms with van der Waals surface area (Å²) in [7, 11) is 0. The summed E-state index contributed by atoms with van der Waals surface area (Å²) < 4.78 is 0. The summed E-state index contributed by atoms with van der Waals surface area (Å²) >= 11 is 2.00. The van der Waals surface area contributed by atoms with Crippen molar-refractivity contribution in [3.63, 3.8) is 0 Å². The number of aliphatic imine (C=N–C) groups is 1. The standard InChI is InChI=1S/C15H21N3S.HI/c16-15(18-6-8-19-9-7-18)17-14-10-13(11-14)12-4-2-1-3-5-12;/h1-5,13-14H,6-11H2,(H2,16,17);1H. The number of thioether (sulfide) groups is 1. The van der Waals surface area contributed by atoms with Crippen molar-refractivity contribution in [2.45, 2.75) is 24.8 Å². The lowest BCUT2D eigenvalue weighted by Gasteiger charge is -2.35. The molecule has 0 atom stereocenters. The number of halogens is 1. The highest BCUT2D eigenvalue weighted by atomic mass is 127. The molecule has 1 saturated carbocycles. The Morgan fingerprint density at radius 3 is 2.45 bits per heavy atom. The first kappa shape index (κ1) is 15.9. The molecule has 0 aromatic heterocycles. The highest BCUT2D eigenvalue weighted by molar-refractivity contribution is 14.0. The zero-order valence-electron chi connectivity index (χ0n) is 11.6. The second-order valence-corrected chi connectivity index (χ2v) is 6.54. The van der Waals surface area contributed by atoms with Crippen molar-refractivity contribution in [1.29, 1.82) is 0 Å². The van der Waals surface area contributed by atoms with Crippen LogP contribution in [-0.4, -0.2) is 41.5 Å². The van der Waals surface area contributed by atoms with Gasteiger partial charge < -0.3 is 10.6 Å². The van der Waals surface area contributed by atoms with Gasteiger partial charge in [-0.15, -0.1) is 24.0 Å². The molecule has 0 spiro atoms. The van der Waals surface area contributed by atoms with E-state index in [9.17, 15) is 0 Å². The fraction of sp³-hybridized carbons (Fsp3) is 0.533. The molecule has 1 heterocycles. The van der Waals surface area contributed by atoms with Crippen LogP contribution in [0.5, 0.6) is 0 Å². The molecule has 1 aromatic carbocycles. The van der Waals surface area contributed by atoms with Gasteiger partial charge in [-0.1, -0.05) is 30.3 Å². The zero-order valence-corrected chi connectivity index (χ0v) is 14.7. The van der Waals surface area contributed by atoms with Crippen LogP contribution < -0.4 is 5.73 Å². The Hall–Kier alpha value is -0.430. The molecule has 1 aromatic rings. The van der Waals surface area contributed by atoms with Gasteiger partial charge in [0.05, 0.1) is 6.04 Å². The molecule has 2 N–H and O–H groups in total. The quantitative estimate of drug-likeness (QED) is 0.469. The Labute approximate surface area is 142 Å². The zero-order chi connectivity index (χ0) is 13.1. The molecule has 3 rings (SSSR count). The minimum atomic E-state index is 0. The van der Waals surface area contributed by atoms with Gasteiger partial charge >= 0.3 is 0 Å². The Morgan fingerprint density at radius 1 is 1.15 bits per heavy atom. The smallest absolute Gasteiger partial charge is 0.191 e. The lowest BCUT2D eigenvalue weighted by atomic mass is 9.76. The normalized spacial score (nSPS) is 26.6. The van der Waals surface area contributed by atoms with Crippen LogP contribution in [0.1, 0.15) is 24.3 Å². The van der Waals surface area contributed by atoms with E-state index >= 15 is 0 Å². The fourth-order valence-electron chi connectivity index (χ4n) is 2.75. The number of rotatable bonds is 2. The average Bonchev–Trinajstić information content (AvgIpc) is 2.44. The third-order valence-corrected chi connectivity index (χ3v) is 4.98. The van der Waals surface area contributed by atoms with Gasteiger partial charge in [-0.2, -0.15) is 11.8 Å². The number of nitrogens with two attached hydrogens (primary N) is 1. The van der Waals surface area contributed by atoms with Gasteiger partial charge in [0.25, 0.3) is 0 Å². The van der Waals surface area contributed by atoms with Crippen LogP contribution in [0.3, 0.4) is 0 Å². The lowest BCUT2D eigenvalue weighted by Crippen LogP contribution is -2.44. The van der Waals surface area contributed by atoms with Crippen molar-refractivity contribution in [2.24, 2.45) is 10.7 Å². The van der Waals surface area contributed by atoms with Crippen LogP contribution in [-0.2, 0) is 0 Å². The molecule has 1 aliphatic carbocycles. The number of benzene rings is 1. The minimum Gasteiger partial charge on any atom is -0.370 e. The van der Waals surface area contributed by atoms with E-state index in [2.05, 4.69) is 35.2 Å². The molecule has 1 saturated heterocycles. The predicted molar refractivity (Wildman–Crippen MR) is 98.1 cm³/mol. The van der Waals surface area contributed by atoms with Gasteiger partial charge in [0.15, 0.2) is 5.96 Å². The molecule has 3 nitrogen and oxygen atoms in total. The number of guanidine groups is 1. The summed E-state index contributed by atoms with van der Waals surface area (Å²) in [4.78, 5) is 6.92. The third kappa shape index (κ3) is 3.81. The Bertz CT molecular complexity index is 440. The predicted octanol–water partition coefficient (Wildman–Crippen LogP) is 2.91. The molecule has 5 heteroatoms. The van der Waals surface area contributed by atoms with E-state index < -0.39 is 0 Å². The van der Waals surface area contributed by atoms with Crippen LogP contribution >= 0.6 is 35.7 Å². The maximum Gasteiger partial charge on any atom is 0.191 e. The van der Waals surface area contributed by atoms with Crippen molar-refractivity contribution < 1.29 is 0 Å². The highest BCUT2D eigenvalue weighted by Crippen LogP contribution is 2.38. The van der Waals surface area contributed by atoms with Crippen LogP contribution in [0, 0.1) is 0 Å². The van der Waals surface area contributed by atoms with E-state index in [1.165, 1.54) is 17.1 Å². The first-order chi connectivity index (χ1) is 9.33. The second-order valence-electron chi connectivity index (χ2n) is 5.32. The molecule has 2 aliphatic rings. The Kier molecular flexibility index (Phi) is 6.01. The van der Waals surface area contributed by atoms with E-state index in [1.807, 2.05) is 11.8 Å². The van der Waals surface area contributed by atoms with Crippen molar-refractivity contribution >= 4 is 41.7 Å².